The molecule has 0 saturated carbocycles. The fourth-order valence-corrected chi connectivity index (χ4v) is 1.75. The smallest absolute Gasteiger partial charge is 0.392 e. The molecule has 0 aromatic heterocycles. The molecule has 0 aromatic rings. The lowest BCUT2D eigenvalue weighted by atomic mass is 9.89. The summed E-state index contributed by atoms with van der Waals surface area (Å²) in [5.41, 5.74) is -1.87. The topological polar surface area (TPSA) is 50.1 Å². The van der Waals surface area contributed by atoms with Crippen LogP contribution in [0.4, 0.5) is 74.6 Å². The van der Waals surface area contributed by atoms with Crippen LogP contribution in [0.5, 0.6) is 0 Å². The minimum Gasteiger partial charge on any atom is -0.392 e. The van der Waals surface area contributed by atoms with E-state index in [0.29, 0.717) is 6.07 Å². The number of esters is 1. The van der Waals surface area contributed by atoms with E-state index in [-0.39, 0.29) is 0 Å². The number of alkyl halides is 17. The predicted octanol–water partition coefficient (Wildman–Crippen LogP) is 6.36. The number of halogens is 17. The van der Waals surface area contributed by atoms with Gasteiger partial charge in [-0.05, 0) is 0 Å². The minimum absolute atomic E-state index is 0.526. The normalized spacial score (nSPS) is 15.1. The summed E-state index contributed by atoms with van der Waals surface area (Å²) < 4.78 is 226. The van der Waals surface area contributed by atoms with Gasteiger partial charge in [-0.3, -0.25) is 0 Å². The molecule has 0 saturated heterocycles. The minimum atomic E-state index is -8.56. The zero-order valence-electron chi connectivity index (χ0n) is 15.3. The number of ether oxygens (including phenoxy) is 1. The van der Waals surface area contributed by atoms with Crippen LogP contribution in [0, 0.1) is 11.3 Å². The van der Waals surface area contributed by atoms with E-state index < -0.39 is 72.2 Å². The van der Waals surface area contributed by atoms with Crippen molar-refractivity contribution in [1.29, 1.82) is 5.26 Å². The van der Waals surface area contributed by atoms with Gasteiger partial charge in [0.05, 0.1) is 0 Å². The molecule has 34 heavy (non-hydrogen) atoms. The van der Waals surface area contributed by atoms with E-state index in [4.69, 9.17) is 5.26 Å². The quantitative estimate of drug-likeness (QED) is 0.140. The first-order valence-corrected chi connectivity index (χ1v) is 7.61. The average molecular weight is 543 g/mol. The maximum Gasteiger partial charge on any atom is 0.473 e. The third-order valence-electron chi connectivity index (χ3n) is 3.73. The molecule has 0 bridgehead atoms. The number of hydrogen-bond donors (Lipinski definition) is 0. The molecule has 0 fully saturated rings. The van der Waals surface area contributed by atoms with Gasteiger partial charge < -0.3 is 4.74 Å². The van der Waals surface area contributed by atoms with E-state index in [0.717, 1.165) is 0 Å². The van der Waals surface area contributed by atoms with E-state index in [2.05, 4.69) is 11.3 Å². The van der Waals surface area contributed by atoms with Crippen molar-refractivity contribution in [2.24, 2.45) is 0 Å². The van der Waals surface area contributed by atoms with Crippen LogP contribution in [0.3, 0.4) is 0 Å². The molecule has 3 nitrogen and oxygen atoms in total. The lowest BCUT2D eigenvalue weighted by Crippen LogP contribution is -2.73. The van der Waals surface area contributed by atoms with Gasteiger partial charge in [0.2, 0.25) is 0 Å². The summed E-state index contributed by atoms with van der Waals surface area (Å²) in [7, 11) is 0. The van der Waals surface area contributed by atoms with Gasteiger partial charge in [-0.2, -0.15) is 79.9 Å². The number of nitriles is 1. The molecule has 0 amide bonds. The Bertz CT molecular complexity index is 836. The van der Waals surface area contributed by atoms with Crippen molar-refractivity contribution in [2.45, 2.75) is 60.7 Å². The average Bonchev–Trinajstić information content (AvgIpc) is 2.63. The lowest BCUT2D eigenvalue weighted by molar-refractivity contribution is -0.461. The van der Waals surface area contributed by atoms with E-state index in [9.17, 15) is 79.4 Å². The largest absolute Gasteiger partial charge is 0.473 e. The molecule has 0 N–H and O–H groups in total. The molecule has 0 rings (SSSR count). The van der Waals surface area contributed by atoms with Gasteiger partial charge >= 0.3 is 53.8 Å². The van der Waals surface area contributed by atoms with E-state index >= 15 is 0 Å². The van der Waals surface area contributed by atoms with E-state index in [1.54, 1.807) is 0 Å². The van der Waals surface area contributed by atoms with E-state index in [1.807, 2.05) is 0 Å². The van der Waals surface area contributed by atoms with Crippen molar-refractivity contribution in [3.63, 3.8) is 0 Å². The fraction of sp³-hybridized carbons (Fsp3) is 0.714. The molecular weight excluding hydrogens is 537 g/mol. The molecule has 0 spiro atoms. The monoisotopic (exact) mass is 543 g/mol. The van der Waals surface area contributed by atoms with Gasteiger partial charge in [0.1, 0.15) is 11.6 Å². The van der Waals surface area contributed by atoms with Crippen LogP contribution in [0.1, 0.15) is 12.8 Å². The third-order valence-corrected chi connectivity index (χ3v) is 3.73. The number of hydrogen-bond acceptors (Lipinski definition) is 3. The molecule has 0 heterocycles. The molecular formula is C14H6F17NO2. The van der Waals surface area contributed by atoms with Crippen molar-refractivity contribution >= 4 is 5.97 Å². The maximum atomic E-state index is 13.5. The Balaban J connectivity index is 6.51. The Kier molecular flexibility index (Phi) is 7.99. The summed E-state index contributed by atoms with van der Waals surface area (Å²) in [5.74, 6) is -51.4. The fourth-order valence-electron chi connectivity index (χ4n) is 1.75. The molecule has 0 aliphatic rings. The van der Waals surface area contributed by atoms with Crippen molar-refractivity contribution in [3.05, 3.63) is 12.2 Å². The van der Waals surface area contributed by atoms with Gasteiger partial charge in [0, 0.05) is 12.8 Å². The van der Waals surface area contributed by atoms with Crippen LogP contribution < -0.4 is 0 Å². The third kappa shape index (κ3) is 4.96. The second-order valence-electron chi connectivity index (χ2n) is 6.19. The van der Waals surface area contributed by atoms with Crippen LogP contribution in [0.15, 0.2) is 12.2 Å². The SMILES string of the molecule is C=C(C#N)C(=O)OC(F)(F)C(F)(F)C(F)(F)C(F)(F)C(F)(F)C(F)(F)C(F)(F)CCC(F)(F)F. The molecule has 0 aliphatic heterocycles. The number of carbonyl (C=O) groups is 1. The Morgan fingerprint density at radius 3 is 1.35 bits per heavy atom. The Morgan fingerprint density at radius 1 is 0.647 bits per heavy atom. The van der Waals surface area contributed by atoms with Crippen molar-refractivity contribution in [2.75, 3.05) is 0 Å². The number of nitrogens with zero attached hydrogens (tertiary/aromatic N) is 1. The van der Waals surface area contributed by atoms with E-state index in [1.165, 1.54) is 0 Å². The highest BCUT2D eigenvalue weighted by Gasteiger charge is 2.93. The number of carbonyl (C=O) groups excluding carboxylic acids is 1. The van der Waals surface area contributed by atoms with Crippen LogP contribution in [0.25, 0.3) is 0 Å². The van der Waals surface area contributed by atoms with Gasteiger partial charge in [-0.25, -0.2) is 4.79 Å². The Hall–Kier alpha value is -2.49. The second-order valence-corrected chi connectivity index (χ2v) is 6.19. The van der Waals surface area contributed by atoms with Gasteiger partial charge in [-0.15, -0.1) is 0 Å². The summed E-state index contributed by atoms with van der Waals surface area (Å²) in [6, 6.07) is 0.526. The zero-order valence-corrected chi connectivity index (χ0v) is 15.3. The first-order chi connectivity index (χ1) is 14.6. The van der Waals surface area contributed by atoms with Gasteiger partial charge in [0.15, 0.2) is 0 Å². The molecule has 0 unspecified atom stereocenters. The molecule has 20 heteroatoms. The zero-order chi connectivity index (χ0) is 28.0. The Labute approximate surface area is 175 Å². The summed E-state index contributed by atoms with van der Waals surface area (Å²) in [4.78, 5) is 10.8. The highest BCUT2D eigenvalue weighted by molar-refractivity contribution is 5.92. The first kappa shape index (κ1) is 31.5. The highest BCUT2D eigenvalue weighted by Crippen LogP contribution is 2.62. The van der Waals surface area contributed by atoms with Gasteiger partial charge in [-0.1, -0.05) is 6.58 Å². The van der Waals surface area contributed by atoms with Crippen LogP contribution in [0.2, 0.25) is 0 Å². The predicted molar refractivity (Wildman–Crippen MR) is 70.8 cm³/mol. The molecule has 0 aromatic carbocycles. The number of rotatable bonds is 10. The summed E-state index contributed by atoms with van der Waals surface area (Å²) in [5, 5.41) is 8.09. The second kappa shape index (κ2) is 8.62. The first-order valence-electron chi connectivity index (χ1n) is 7.61. The molecule has 0 atom stereocenters. The summed E-state index contributed by atoms with van der Waals surface area (Å²) in [6.07, 6.45) is -19.6. The van der Waals surface area contributed by atoms with Crippen LogP contribution >= 0.6 is 0 Å². The van der Waals surface area contributed by atoms with Crippen molar-refractivity contribution in [3.8, 4) is 6.07 Å². The van der Waals surface area contributed by atoms with Crippen molar-refractivity contribution < 1.29 is 84.2 Å². The van der Waals surface area contributed by atoms with Gasteiger partial charge in [0.25, 0.3) is 0 Å². The molecule has 0 radical (unpaired) electrons. The maximum absolute atomic E-state index is 13.5. The molecule has 0 aliphatic carbocycles. The summed E-state index contributed by atoms with van der Waals surface area (Å²) >= 11 is 0. The van der Waals surface area contributed by atoms with Crippen LogP contribution in [-0.2, 0) is 9.53 Å². The Morgan fingerprint density at radius 2 is 1.00 bits per heavy atom. The van der Waals surface area contributed by atoms with Crippen molar-refractivity contribution in [1.82, 2.24) is 0 Å². The van der Waals surface area contributed by atoms with Crippen LogP contribution in [-0.4, -0.2) is 53.8 Å². The lowest BCUT2D eigenvalue weighted by Gasteiger charge is -2.42. The standard InChI is InChI=1S/C14H6F17NO2/c1-5(4-32)6(33)34-14(30,31)13(28,29)12(26,27)11(24,25)10(22,23)9(20,21)7(15,16)2-3-8(17,18)19/h1-3H2. The highest BCUT2D eigenvalue weighted by atomic mass is 19.4. The molecule has 198 valence electrons. The summed E-state index contributed by atoms with van der Waals surface area (Å²) in [6.45, 7) is 2.25.